The van der Waals surface area contributed by atoms with E-state index in [1.165, 1.54) is 0 Å². The van der Waals surface area contributed by atoms with E-state index in [1.54, 1.807) is 11.1 Å². The van der Waals surface area contributed by atoms with E-state index in [2.05, 4.69) is 4.98 Å². The first kappa shape index (κ1) is 17.0. The van der Waals surface area contributed by atoms with Crippen molar-refractivity contribution in [2.75, 3.05) is 26.2 Å². The third-order valence-electron chi connectivity index (χ3n) is 5.67. The Morgan fingerprint density at radius 2 is 2.04 bits per heavy atom. The van der Waals surface area contributed by atoms with Crippen LogP contribution >= 0.6 is 0 Å². The SMILES string of the molecule is O=C1CC(C(=O)N2CCC(N3CCCC3=O)C2)CN1Cc1ccccn1. The molecule has 26 heavy (non-hydrogen) atoms. The minimum atomic E-state index is -0.278. The zero-order valence-corrected chi connectivity index (χ0v) is 14.8. The molecule has 3 saturated heterocycles. The summed E-state index contributed by atoms with van der Waals surface area (Å²) in [5, 5.41) is 0. The predicted octanol–water partition coefficient (Wildman–Crippen LogP) is 0.653. The predicted molar refractivity (Wildman–Crippen MR) is 93.7 cm³/mol. The molecule has 0 saturated carbocycles. The average Bonchev–Trinajstić information content (AvgIpc) is 3.36. The van der Waals surface area contributed by atoms with Crippen molar-refractivity contribution in [2.45, 2.75) is 38.3 Å². The Labute approximate surface area is 153 Å². The Kier molecular flexibility index (Phi) is 4.61. The molecule has 0 N–H and O–H groups in total. The maximum absolute atomic E-state index is 12.9. The summed E-state index contributed by atoms with van der Waals surface area (Å²) in [5.74, 6) is -0.00314. The average molecular weight is 356 g/mol. The van der Waals surface area contributed by atoms with Crippen LogP contribution in [0.15, 0.2) is 24.4 Å². The Balaban J connectivity index is 1.34. The van der Waals surface area contributed by atoms with Gasteiger partial charge in [0, 0.05) is 45.2 Å². The van der Waals surface area contributed by atoms with E-state index in [9.17, 15) is 14.4 Å². The van der Waals surface area contributed by atoms with Crippen LogP contribution < -0.4 is 0 Å². The van der Waals surface area contributed by atoms with Gasteiger partial charge in [-0.15, -0.1) is 0 Å². The molecule has 4 heterocycles. The third-order valence-corrected chi connectivity index (χ3v) is 5.67. The van der Waals surface area contributed by atoms with Gasteiger partial charge >= 0.3 is 0 Å². The molecule has 1 aromatic heterocycles. The van der Waals surface area contributed by atoms with E-state index in [0.717, 1.165) is 25.1 Å². The molecule has 2 atom stereocenters. The van der Waals surface area contributed by atoms with Gasteiger partial charge in [-0.2, -0.15) is 0 Å². The molecular weight excluding hydrogens is 332 g/mol. The molecule has 1 aromatic rings. The van der Waals surface area contributed by atoms with Gasteiger partial charge < -0.3 is 14.7 Å². The molecule has 0 radical (unpaired) electrons. The van der Waals surface area contributed by atoms with E-state index in [0.29, 0.717) is 32.6 Å². The van der Waals surface area contributed by atoms with Crippen LogP contribution in [0.5, 0.6) is 0 Å². The zero-order valence-electron chi connectivity index (χ0n) is 14.8. The number of rotatable bonds is 4. The number of carbonyl (C=O) groups excluding carboxylic acids is 3. The molecule has 3 amide bonds. The highest BCUT2D eigenvalue weighted by Gasteiger charge is 2.40. The fourth-order valence-corrected chi connectivity index (χ4v) is 4.29. The molecule has 0 aliphatic carbocycles. The number of pyridine rings is 1. The lowest BCUT2D eigenvalue weighted by Crippen LogP contribution is -2.41. The van der Waals surface area contributed by atoms with Crippen LogP contribution in [0.25, 0.3) is 0 Å². The van der Waals surface area contributed by atoms with Crippen LogP contribution in [0.3, 0.4) is 0 Å². The summed E-state index contributed by atoms with van der Waals surface area (Å²) in [6, 6.07) is 5.78. The summed E-state index contributed by atoms with van der Waals surface area (Å²) in [6.45, 7) is 3.01. The number of amides is 3. The van der Waals surface area contributed by atoms with Crippen molar-refractivity contribution in [1.82, 2.24) is 19.7 Å². The van der Waals surface area contributed by atoms with Crippen molar-refractivity contribution in [3.63, 3.8) is 0 Å². The highest BCUT2D eigenvalue weighted by atomic mass is 16.2. The molecule has 2 unspecified atom stereocenters. The quantitative estimate of drug-likeness (QED) is 0.794. The first-order valence-electron chi connectivity index (χ1n) is 9.38. The minimum absolute atomic E-state index is 0.0134. The normalized spacial score (nSPS) is 26.2. The van der Waals surface area contributed by atoms with Gasteiger partial charge in [-0.3, -0.25) is 19.4 Å². The molecule has 7 heteroatoms. The molecule has 3 aliphatic heterocycles. The minimum Gasteiger partial charge on any atom is -0.340 e. The number of hydrogen-bond acceptors (Lipinski definition) is 4. The standard InChI is InChI=1S/C19H24N4O3/c24-17-5-3-8-23(17)16-6-9-21(13-16)19(26)14-10-18(25)22(11-14)12-15-4-1-2-7-20-15/h1-2,4,7,14,16H,3,5-6,8-13H2. The van der Waals surface area contributed by atoms with Crippen molar-refractivity contribution in [2.24, 2.45) is 5.92 Å². The van der Waals surface area contributed by atoms with E-state index in [-0.39, 0.29) is 36.1 Å². The van der Waals surface area contributed by atoms with Gasteiger partial charge in [0.15, 0.2) is 0 Å². The van der Waals surface area contributed by atoms with E-state index < -0.39 is 0 Å². The topological polar surface area (TPSA) is 73.8 Å². The molecule has 4 rings (SSSR count). The van der Waals surface area contributed by atoms with Crippen molar-refractivity contribution in [3.8, 4) is 0 Å². The Morgan fingerprint density at radius 1 is 1.15 bits per heavy atom. The molecule has 7 nitrogen and oxygen atoms in total. The van der Waals surface area contributed by atoms with Crippen molar-refractivity contribution in [3.05, 3.63) is 30.1 Å². The molecule has 3 fully saturated rings. The number of nitrogens with zero attached hydrogens (tertiary/aromatic N) is 4. The summed E-state index contributed by atoms with van der Waals surface area (Å²) < 4.78 is 0. The van der Waals surface area contributed by atoms with Gasteiger partial charge in [0.25, 0.3) is 0 Å². The van der Waals surface area contributed by atoms with Crippen LogP contribution in [-0.4, -0.2) is 69.6 Å². The summed E-state index contributed by atoms with van der Waals surface area (Å²) >= 11 is 0. The lowest BCUT2D eigenvalue weighted by atomic mass is 10.1. The zero-order chi connectivity index (χ0) is 18.1. The van der Waals surface area contributed by atoms with Crippen LogP contribution in [0.1, 0.15) is 31.4 Å². The summed E-state index contributed by atoms with van der Waals surface area (Å²) in [6.07, 6.45) is 4.38. The molecule has 138 valence electrons. The fraction of sp³-hybridized carbons (Fsp3) is 0.579. The van der Waals surface area contributed by atoms with Crippen molar-refractivity contribution < 1.29 is 14.4 Å². The highest BCUT2D eigenvalue weighted by molar-refractivity contribution is 5.89. The van der Waals surface area contributed by atoms with E-state index >= 15 is 0 Å². The van der Waals surface area contributed by atoms with Gasteiger partial charge in [0.2, 0.25) is 17.7 Å². The number of carbonyl (C=O) groups is 3. The third kappa shape index (κ3) is 3.30. The van der Waals surface area contributed by atoms with Gasteiger partial charge in [0.05, 0.1) is 24.2 Å². The first-order chi connectivity index (χ1) is 12.6. The second-order valence-corrected chi connectivity index (χ2v) is 7.41. The summed E-state index contributed by atoms with van der Waals surface area (Å²) in [4.78, 5) is 46.8. The fourth-order valence-electron chi connectivity index (χ4n) is 4.29. The van der Waals surface area contributed by atoms with Gasteiger partial charge in [-0.1, -0.05) is 6.07 Å². The molecule has 3 aliphatic rings. The lowest BCUT2D eigenvalue weighted by molar-refractivity contribution is -0.136. The molecule has 0 bridgehead atoms. The summed E-state index contributed by atoms with van der Waals surface area (Å²) in [7, 11) is 0. The maximum Gasteiger partial charge on any atom is 0.228 e. The number of hydrogen-bond donors (Lipinski definition) is 0. The molecular formula is C19H24N4O3. The van der Waals surface area contributed by atoms with Crippen LogP contribution in [0.4, 0.5) is 0 Å². The van der Waals surface area contributed by atoms with Gasteiger partial charge in [-0.25, -0.2) is 0 Å². The van der Waals surface area contributed by atoms with Crippen LogP contribution in [0.2, 0.25) is 0 Å². The largest absolute Gasteiger partial charge is 0.340 e. The Morgan fingerprint density at radius 3 is 2.77 bits per heavy atom. The molecule has 0 aromatic carbocycles. The highest BCUT2D eigenvalue weighted by Crippen LogP contribution is 2.26. The number of aromatic nitrogens is 1. The maximum atomic E-state index is 12.9. The number of likely N-dealkylation sites (tertiary alicyclic amines) is 3. The van der Waals surface area contributed by atoms with Gasteiger partial charge in [0.1, 0.15) is 0 Å². The first-order valence-corrected chi connectivity index (χ1v) is 9.38. The lowest BCUT2D eigenvalue weighted by Gasteiger charge is -2.25. The van der Waals surface area contributed by atoms with Crippen molar-refractivity contribution in [1.29, 1.82) is 0 Å². The van der Waals surface area contributed by atoms with Crippen molar-refractivity contribution >= 4 is 17.7 Å². The second kappa shape index (κ2) is 7.05. The second-order valence-electron chi connectivity index (χ2n) is 7.41. The van der Waals surface area contributed by atoms with Gasteiger partial charge in [-0.05, 0) is 25.0 Å². The monoisotopic (exact) mass is 356 g/mol. The van der Waals surface area contributed by atoms with Crippen LogP contribution in [-0.2, 0) is 20.9 Å². The van der Waals surface area contributed by atoms with Crippen LogP contribution in [0, 0.1) is 5.92 Å². The molecule has 0 spiro atoms. The Hall–Kier alpha value is -2.44. The smallest absolute Gasteiger partial charge is 0.228 e. The van der Waals surface area contributed by atoms with E-state index in [1.807, 2.05) is 28.0 Å². The summed E-state index contributed by atoms with van der Waals surface area (Å²) in [5.41, 5.74) is 0.836. The Bertz CT molecular complexity index is 708. The van der Waals surface area contributed by atoms with E-state index in [4.69, 9.17) is 0 Å².